The van der Waals surface area contributed by atoms with Crippen molar-refractivity contribution in [3.8, 4) is 0 Å². The fourth-order valence-electron chi connectivity index (χ4n) is 1.85. The van der Waals surface area contributed by atoms with Crippen molar-refractivity contribution in [3.63, 3.8) is 0 Å². The molecule has 1 aliphatic heterocycles. The van der Waals surface area contributed by atoms with Gasteiger partial charge in [-0.25, -0.2) is 0 Å². The van der Waals surface area contributed by atoms with E-state index in [2.05, 4.69) is 69.2 Å². The van der Waals surface area contributed by atoms with Gasteiger partial charge in [-0.05, 0) is 64.1 Å². The number of hydrogen-bond donors (Lipinski definition) is 0. The largest absolute Gasteiger partial charge is 0.499 e. The van der Waals surface area contributed by atoms with E-state index in [4.69, 9.17) is 9.31 Å². The predicted octanol–water partition coefficient (Wildman–Crippen LogP) is 2.37. The lowest BCUT2D eigenvalue weighted by atomic mass is 9.82. The Labute approximate surface area is 123 Å². The van der Waals surface area contributed by atoms with E-state index in [1.807, 2.05) is 10.9 Å². The molecule has 0 saturated carbocycles. The Balaban J connectivity index is 2.30. The van der Waals surface area contributed by atoms with E-state index in [-0.39, 0.29) is 18.3 Å². The molecule has 18 heavy (non-hydrogen) atoms. The van der Waals surface area contributed by atoms with Crippen LogP contribution in [0.2, 0.25) is 0 Å². The summed E-state index contributed by atoms with van der Waals surface area (Å²) in [6.07, 6.45) is 1.85. The highest BCUT2D eigenvalue weighted by Crippen LogP contribution is 2.36. The number of halogens is 1. The molecule has 4 nitrogen and oxygen atoms in total. The van der Waals surface area contributed by atoms with Gasteiger partial charge in [-0.1, -0.05) is 0 Å². The molecule has 1 fully saturated rings. The van der Waals surface area contributed by atoms with E-state index >= 15 is 0 Å². The van der Waals surface area contributed by atoms with E-state index in [1.54, 1.807) is 0 Å². The van der Waals surface area contributed by atoms with Gasteiger partial charge >= 0.3 is 7.12 Å². The normalized spacial score (nSPS) is 21.9. The van der Waals surface area contributed by atoms with E-state index in [0.717, 1.165) is 9.16 Å². The zero-order valence-electron chi connectivity index (χ0n) is 11.8. The van der Waals surface area contributed by atoms with Crippen LogP contribution in [0.5, 0.6) is 0 Å². The lowest BCUT2D eigenvalue weighted by Crippen LogP contribution is -2.41. The third-order valence-electron chi connectivity index (χ3n) is 3.76. The Kier molecular flexibility index (Phi) is 3.57. The van der Waals surface area contributed by atoms with Gasteiger partial charge in [0, 0.05) is 17.7 Å². The zero-order chi connectivity index (χ0) is 13.7. The first kappa shape index (κ1) is 14.3. The van der Waals surface area contributed by atoms with Gasteiger partial charge in [0.25, 0.3) is 0 Å². The molecule has 1 aromatic rings. The minimum absolute atomic E-state index is 0.305. The van der Waals surface area contributed by atoms with Crippen LogP contribution in [-0.4, -0.2) is 28.1 Å². The van der Waals surface area contributed by atoms with Crippen LogP contribution >= 0.6 is 22.6 Å². The van der Waals surface area contributed by atoms with Crippen LogP contribution in [0.25, 0.3) is 0 Å². The van der Waals surface area contributed by atoms with Gasteiger partial charge in [-0.2, -0.15) is 5.10 Å². The molecule has 1 aromatic heterocycles. The van der Waals surface area contributed by atoms with Crippen LogP contribution in [0, 0.1) is 3.70 Å². The first-order valence-electron chi connectivity index (χ1n) is 6.24. The Morgan fingerprint density at radius 1 is 1.22 bits per heavy atom. The molecular formula is C12H20BIN2O2. The number of rotatable bonds is 2. The van der Waals surface area contributed by atoms with Gasteiger partial charge < -0.3 is 9.31 Å². The predicted molar refractivity (Wildman–Crippen MR) is 81.0 cm³/mol. The summed E-state index contributed by atoms with van der Waals surface area (Å²) in [7, 11) is -0.325. The van der Waals surface area contributed by atoms with Gasteiger partial charge in [0.1, 0.15) is 0 Å². The van der Waals surface area contributed by atoms with Gasteiger partial charge in [0.15, 0.2) is 0 Å². The smallest absolute Gasteiger partial charge is 0.399 e. The second-order valence-corrected chi connectivity index (χ2v) is 7.04. The molecule has 100 valence electrons. The number of aromatic nitrogens is 2. The molecule has 2 heterocycles. The summed E-state index contributed by atoms with van der Waals surface area (Å²) in [6, 6.07) is 0.341. The minimum Gasteiger partial charge on any atom is -0.399 e. The van der Waals surface area contributed by atoms with Crippen LogP contribution in [0.1, 0.15) is 47.6 Å². The summed E-state index contributed by atoms with van der Waals surface area (Å²) >= 11 is 2.31. The van der Waals surface area contributed by atoms with Crippen molar-refractivity contribution in [1.82, 2.24) is 9.78 Å². The van der Waals surface area contributed by atoms with Gasteiger partial charge in [0.05, 0.1) is 14.9 Å². The number of nitrogens with zero attached hydrogens (tertiary/aromatic N) is 2. The van der Waals surface area contributed by atoms with Crippen molar-refractivity contribution in [2.45, 2.75) is 58.8 Å². The molecule has 0 radical (unpaired) electrons. The van der Waals surface area contributed by atoms with Crippen LogP contribution in [-0.2, 0) is 9.31 Å². The quantitative estimate of drug-likeness (QED) is 0.599. The average molecular weight is 362 g/mol. The first-order valence-corrected chi connectivity index (χ1v) is 7.32. The maximum Gasteiger partial charge on any atom is 0.499 e. The van der Waals surface area contributed by atoms with Crippen molar-refractivity contribution in [2.75, 3.05) is 0 Å². The summed E-state index contributed by atoms with van der Waals surface area (Å²) in [5.41, 5.74) is 0.407. The molecule has 1 saturated heterocycles. The molecule has 0 unspecified atom stereocenters. The molecule has 2 rings (SSSR count). The zero-order valence-corrected chi connectivity index (χ0v) is 14.0. The third-order valence-corrected chi connectivity index (χ3v) is 4.87. The van der Waals surface area contributed by atoms with E-state index in [1.165, 1.54) is 0 Å². The van der Waals surface area contributed by atoms with Crippen LogP contribution in [0.3, 0.4) is 0 Å². The van der Waals surface area contributed by atoms with Gasteiger partial charge in [-0.3, -0.25) is 4.68 Å². The second kappa shape index (κ2) is 4.49. The lowest BCUT2D eigenvalue weighted by Gasteiger charge is -2.32. The van der Waals surface area contributed by atoms with Crippen LogP contribution < -0.4 is 5.46 Å². The summed E-state index contributed by atoms with van der Waals surface area (Å²) in [5.74, 6) is 0. The van der Waals surface area contributed by atoms with Crippen molar-refractivity contribution in [2.24, 2.45) is 0 Å². The molecular weight excluding hydrogens is 342 g/mol. The van der Waals surface area contributed by atoms with Crippen LogP contribution in [0.4, 0.5) is 0 Å². The van der Waals surface area contributed by atoms with Gasteiger partial charge in [-0.15, -0.1) is 0 Å². The topological polar surface area (TPSA) is 36.3 Å². The Bertz CT molecular complexity index is 441. The second-order valence-electron chi connectivity index (χ2n) is 6.02. The van der Waals surface area contributed by atoms with E-state index < -0.39 is 0 Å². The summed E-state index contributed by atoms with van der Waals surface area (Å²) in [6.45, 7) is 12.5. The SMILES string of the molecule is CC(C)n1ncc(B2OC(C)(C)C(C)(C)O2)c1I. The lowest BCUT2D eigenvalue weighted by molar-refractivity contribution is 0.00578. The molecule has 0 spiro atoms. The Hall–Kier alpha value is -0.0751. The van der Waals surface area contributed by atoms with Crippen molar-refractivity contribution >= 4 is 35.2 Å². The first-order chi connectivity index (χ1) is 8.16. The van der Waals surface area contributed by atoms with E-state index in [9.17, 15) is 0 Å². The molecule has 1 aliphatic rings. The minimum atomic E-state index is -0.325. The summed E-state index contributed by atoms with van der Waals surface area (Å²) < 4.78 is 15.2. The highest BCUT2D eigenvalue weighted by atomic mass is 127. The maximum absolute atomic E-state index is 6.04. The Morgan fingerprint density at radius 2 is 1.72 bits per heavy atom. The summed E-state index contributed by atoms with van der Waals surface area (Å²) in [5, 5.41) is 4.40. The third kappa shape index (κ3) is 2.23. The monoisotopic (exact) mass is 362 g/mol. The molecule has 0 atom stereocenters. The van der Waals surface area contributed by atoms with Crippen molar-refractivity contribution < 1.29 is 9.31 Å². The highest BCUT2D eigenvalue weighted by Gasteiger charge is 2.52. The maximum atomic E-state index is 6.04. The fraction of sp³-hybridized carbons (Fsp3) is 0.750. The number of hydrogen-bond acceptors (Lipinski definition) is 3. The average Bonchev–Trinajstić information content (AvgIpc) is 2.66. The van der Waals surface area contributed by atoms with Gasteiger partial charge in [0.2, 0.25) is 0 Å². The summed E-state index contributed by atoms with van der Waals surface area (Å²) in [4.78, 5) is 0. The van der Waals surface area contributed by atoms with Crippen LogP contribution in [0.15, 0.2) is 6.20 Å². The van der Waals surface area contributed by atoms with E-state index in [0.29, 0.717) is 6.04 Å². The van der Waals surface area contributed by atoms with Crippen molar-refractivity contribution in [1.29, 1.82) is 0 Å². The molecule has 0 aliphatic carbocycles. The molecule has 0 N–H and O–H groups in total. The Morgan fingerprint density at radius 3 is 2.11 bits per heavy atom. The standard InChI is InChI=1S/C12H20BIN2O2/c1-8(2)16-10(14)9(7-15-16)13-17-11(3,4)12(5,6)18-13/h7-8H,1-6H3. The molecule has 0 bridgehead atoms. The fourth-order valence-corrected chi connectivity index (χ4v) is 2.92. The van der Waals surface area contributed by atoms with Crippen molar-refractivity contribution in [3.05, 3.63) is 9.90 Å². The molecule has 0 amide bonds. The molecule has 0 aromatic carbocycles. The molecule has 6 heteroatoms. The highest BCUT2D eigenvalue weighted by molar-refractivity contribution is 14.1.